The third-order valence-corrected chi connectivity index (χ3v) is 7.33. The molecule has 0 unspecified atom stereocenters. The fraction of sp³-hybridized carbons (Fsp3) is 0.419. The van der Waals surface area contributed by atoms with Gasteiger partial charge in [0.2, 0.25) is 23.6 Å². The molecule has 1 fully saturated rings. The summed E-state index contributed by atoms with van der Waals surface area (Å²) in [5.41, 5.74) is 2.59. The first kappa shape index (κ1) is 29.8. The Labute approximate surface area is 241 Å². The van der Waals surface area contributed by atoms with Crippen LogP contribution in [0.25, 0.3) is 11.5 Å². The van der Waals surface area contributed by atoms with Crippen LogP contribution in [0.4, 0.5) is 0 Å². The van der Waals surface area contributed by atoms with E-state index in [0.717, 1.165) is 16.8 Å². The summed E-state index contributed by atoms with van der Waals surface area (Å²) in [6.07, 6.45) is 3.56. The number of rotatable bonds is 6. The van der Waals surface area contributed by atoms with E-state index in [9.17, 15) is 14.4 Å². The molecular weight excluding hydrogens is 522 g/mol. The van der Waals surface area contributed by atoms with E-state index in [4.69, 9.17) is 9.15 Å². The number of methoxy groups -OCH3 is 1. The molecule has 41 heavy (non-hydrogen) atoms. The van der Waals surface area contributed by atoms with Crippen molar-refractivity contribution in [2.45, 2.75) is 51.2 Å². The van der Waals surface area contributed by atoms with Gasteiger partial charge in [0.25, 0.3) is 0 Å². The summed E-state index contributed by atoms with van der Waals surface area (Å²) in [5, 5.41) is 5.88. The van der Waals surface area contributed by atoms with Crippen LogP contribution in [-0.2, 0) is 27.3 Å². The maximum absolute atomic E-state index is 13.5. The highest BCUT2D eigenvalue weighted by atomic mass is 16.5. The second kappa shape index (κ2) is 14.5. The number of amides is 3. The van der Waals surface area contributed by atoms with Crippen molar-refractivity contribution in [1.29, 1.82) is 0 Å². The quantitative estimate of drug-likeness (QED) is 0.475. The summed E-state index contributed by atoms with van der Waals surface area (Å²) in [4.78, 5) is 47.6. The SMILES string of the molecule is COc1ccc(C[C@@H]2NC(=O)CCCN(Cc3coc(-c4ccccc4)n3)CCCNC(=O)[C@H](C)N(C)C2=O)cc1. The van der Waals surface area contributed by atoms with Crippen LogP contribution in [-0.4, -0.2) is 78.4 Å². The molecular formula is C31H39N5O5. The monoisotopic (exact) mass is 561 g/mol. The average Bonchev–Trinajstić information content (AvgIpc) is 3.46. The van der Waals surface area contributed by atoms with Crippen LogP contribution in [0.5, 0.6) is 5.75 Å². The van der Waals surface area contributed by atoms with Gasteiger partial charge in [-0.25, -0.2) is 4.98 Å². The van der Waals surface area contributed by atoms with Crippen molar-refractivity contribution in [3.05, 3.63) is 72.1 Å². The van der Waals surface area contributed by atoms with Gasteiger partial charge in [0.15, 0.2) is 0 Å². The first-order chi connectivity index (χ1) is 19.8. The molecule has 0 saturated carbocycles. The maximum atomic E-state index is 13.5. The summed E-state index contributed by atoms with van der Waals surface area (Å²) in [5.74, 6) is 0.524. The van der Waals surface area contributed by atoms with Gasteiger partial charge in [0, 0.05) is 45.1 Å². The molecule has 2 aromatic carbocycles. The van der Waals surface area contributed by atoms with Crippen LogP contribution in [0, 0.1) is 0 Å². The number of carbonyl (C=O) groups is 3. The summed E-state index contributed by atoms with van der Waals surface area (Å²) in [7, 11) is 3.19. The number of nitrogens with zero attached hydrogens (tertiary/aromatic N) is 3. The van der Waals surface area contributed by atoms with Crippen molar-refractivity contribution >= 4 is 17.7 Å². The molecule has 1 aliphatic rings. The molecule has 0 spiro atoms. The molecule has 218 valence electrons. The van der Waals surface area contributed by atoms with Gasteiger partial charge in [-0.15, -0.1) is 0 Å². The van der Waals surface area contributed by atoms with Crippen LogP contribution in [0.2, 0.25) is 0 Å². The number of oxazole rings is 1. The minimum atomic E-state index is -0.802. The number of ether oxygens (including phenoxy) is 1. The van der Waals surface area contributed by atoms with Crippen molar-refractivity contribution in [3.63, 3.8) is 0 Å². The first-order valence-electron chi connectivity index (χ1n) is 14.0. The lowest BCUT2D eigenvalue weighted by Crippen LogP contribution is -2.54. The Morgan fingerprint density at radius 1 is 1.02 bits per heavy atom. The van der Waals surface area contributed by atoms with Gasteiger partial charge in [0.05, 0.1) is 12.8 Å². The van der Waals surface area contributed by atoms with Crippen molar-refractivity contribution in [3.8, 4) is 17.2 Å². The van der Waals surface area contributed by atoms with E-state index < -0.39 is 12.1 Å². The fourth-order valence-electron chi connectivity index (χ4n) is 4.79. The van der Waals surface area contributed by atoms with Crippen LogP contribution in [0.15, 0.2) is 65.3 Å². The molecule has 0 aliphatic carbocycles. The first-order valence-corrected chi connectivity index (χ1v) is 14.0. The summed E-state index contributed by atoms with van der Waals surface area (Å²) >= 11 is 0. The minimum absolute atomic E-state index is 0.204. The summed E-state index contributed by atoms with van der Waals surface area (Å²) in [6.45, 7) is 4.09. The van der Waals surface area contributed by atoms with Crippen molar-refractivity contribution < 1.29 is 23.5 Å². The van der Waals surface area contributed by atoms with Gasteiger partial charge in [-0.3, -0.25) is 19.3 Å². The van der Waals surface area contributed by atoms with Crippen molar-refractivity contribution in [1.82, 2.24) is 25.4 Å². The Morgan fingerprint density at radius 2 is 1.76 bits per heavy atom. The van der Waals surface area contributed by atoms with E-state index in [1.165, 1.54) is 4.90 Å². The Kier molecular flexibility index (Phi) is 10.5. The molecule has 2 atom stereocenters. The highest BCUT2D eigenvalue weighted by Crippen LogP contribution is 2.19. The molecule has 2 heterocycles. The van der Waals surface area contributed by atoms with E-state index in [1.807, 2.05) is 54.6 Å². The molecule has 0 bridgehead atoms. The zero-order valence-corrected chi connectivity index (χ0v) is 24.0. The zero-order chi connectivity index (χ0) is 29.2. The predicted octanol–water partition coefficient (Wildman–Crippen LogP) is 3.03. The maximum Gasteiger partial charge on any atom is 0.245 e. The third-order valence-electron chi connectivity index (χ3n) is 7.33. The molecule has 3 aromatic rings. The number of likely N-dealkylation sites (N-methyl/N-ethyl adjacent to an activating group) is 1. The van der Waals surface area contributed by atoms with E-state index in [1.54, 1.807) is 27.3 Å². The molecule has 3 amide bonds. The van der Waals surface area contributed by atoms with Gasteiger partial charge in [-0.05, 0) is 56.1 Å². The highest BCUT2D eigenvalue weighted by molar-refractivity contribution is 5.92. The molecule has 1 saturated heterocycles. The molecule has 2 N–H and O–H groups in total. The van der Waals surface area contributed by atoms with Gasteiger partial charge in [-0.2, -0.15) is 0 Å². The van der Waals surface area contributed by atoms with Gasteiger partial charge >= 0.3 is 0 Å². The molecule has 0 radical (unpaired) electrons. The Morgan fingerprint density at radius 3 is 2.49 bits per heavy atom. The number of benzene rings is 2. The smallest absolute Gasteiger partial charge is 0.245 e. The summed E-state index contributed by atoms with van der Waals surface area (Å²) in [6, 6.07) is 15.6. The van der Waals surface area contributed by atoms with E-state index in [-0.39, 0.29) is 24.1 Å². The Hall–Kier alpha value is -4.18. The lowest BCUT2D eigenvalue weighted by Gasteiger charge is -2.29. The second-order valence-corrected chi connectivity index (χ2v) is 10.3. The van der Waals surface area contributed by atoms with Crippen LogP contribution >= 0.6 is 0 Å². The summed E-state index contributed by atoms with van der Waals surface area (Å²) < 4.78 is 10.9. The Bertz CT molecular complexity index is 1290. The number of nitrogens with one attached hydrogen (secondary N) is 2. The minimum Gasteiger partial charge on any atom is -0.497 e. The van der Waals surface area contributed by atoms with Crippen molar-refractivity contribution in [2.24, 2.45) is 0 Å². The molecule has 1 aliphatic heterocycles. The van der Waals surface area contributed by atoms with Gasteiger partial charge in [0.1, 0.15) is 24.1 Å². The largest absolute Gasteiger partial charge is 0.497 e. The molecule has 10 heteroatoms. The Balaban J connectivity index is 1.45. The lowest BCUT2D eigenvalue weighted by atomic mass is 10.0. The number of aromatic nitrogens is 1. The van der Waals surface area contributed by atoms with E-state index >= 15 is 0 Å². The zero-order valence-electron chi connectivity index (χ0n) is 24.0. The van der Waals surface area contributed by atoms with Crippen LogP contribution in [0.1, 0.15) is 37.4 Å². The normalized spacial score (nSPS) is 20.1. The number of carbonyl (C=O) groups excluding carboxylic acids is 3. The molecule has 4 rings (SSSR count). The third kappa shape index (κ3) is 8.40. The lowest BCUT2D eigenvalue weighted by molar-refractivity contribution is -0.141. The second-order valence-electron chi connectivity index (χ2n) is 10.3. The topological polar surface area (TPSA) is 117 Å². The standard InChI is InChI=1S/C31H39N5O5/c1-22-29(38)32-16-8-18-36(20-25-21-41-30(33-25)24-9-5-4-6-10-24)17-7-11-28(37)34-27(31(39)35(22)2)19-23-12-14-26(40-3)15-13-23/h4-6,9-10,12-15,21-22,27H,7-8,11,16-20H2,1-3H3,(H,32,38)(H,34,37)/t22-,27-/m0/s1. The number of hydrogen-bond donors (Lipinski definition) is 2. The van der Waals surface area contributed by atoms with Crippen molar-refractivity contribution in [2.75, 3.05) is 33.8 Å². The van der Waals surface area contributed by atoms with E-state index in [2.05, 4.69) is 20.5 Å². The van der Waals surface area contributed by atoms with Crippen LogP contribution in [0.3, 0.4) is 0 Å². The fourth-order valence-corrected chi connectivity index (χ4v) is 4.79. The number of hydrogen-bond acceptors (Lipinski definition) is 7. The highest BCUT2D eigenvalue weighted by Gasteiger charge is 2.30. The van der Waals surface area contributed by atoms with E-state index in [0.29, 0.717) is 57.1 Å². The van der Waals surface area contributed by atoms with Gasteiger partial charge < -0.3 is 24.7 Å². The molecule has 10 nitrogen and oxygen atoms in total. The predicted molar refractivity (Wildman–Crippen MR) is 155 cm³/mol. The van der Waals surface area contributed by atoms with Gasteiger partial charge in [-0.1, -0.05) is 30.3 Å². The average molecular weight is 562 g/mol. The molecule has 1 aromatic heterocycles. The van der Waals surface area contributed by atoms with Crippen LogP contribution < -0.4 is 15.4 Å².